The monoisotopic (exact) mass is 251 g/mol. The van der Waals surface area contributed by atoms with Gasteiger partial charge in [-0.1, -0.05) is 0 Å². The number of carbonyl (C=O) groups excluding carboxylic acids is 1. The molecule has 1 N–H and O–H groups in total. The summed E-state index contributed by atoms with van der Waals surface area (Å²) in [6, 6.07) is 0.166. The summed E-state index contributed by atoms with van der Waals surface area (Å²) in [6.45, 7) is 7.98. The normalized spacial score (nSPS) is 23.0. The molecule has 0 saturated carbocycles. The molecule has 0 radical (unpaired) electrons. The van der Waals surface area contributed by atoms with E-state index in [1.807, 2.05) is 27.7 Å². The van der Waals surface area contributed by atoms with Gasteiger partial charge in [0.2, 0.25) is 0 Å². The standard InChI is InChI=1S/C13H21N3O2/c1-7(2)16(5)13(17)12-10-6-8(3)18-9(4)11(10)14-15-12/h7-9H,6H2,1-5H3,(H,14,15)/t8-,9+/m0/s1. The summed E-state index contributed by atoms with van der Waals surface area (Å²) in [7, 11) is 1.81. The maximum Gasteiger partial charge on any atom is 0.274 e. The molecule has 0 bridgehead atoms. The fourth-order valence-corrected chi connectivity index (χ4v) is 2.25. The minimum Gasteiger partial charge on any atom is -0.369 e. The van der Waals surface area contributed by atoms with Gasteiger partial charge < -0.3 is 9.64 Å². The summed E-state index contributed by atoms with van der Waals surface area (Å²) in [5, 5.41) is 7.14. The van der Waals surface area contributed by atoms with Crippen LogP contribution in [-0.2, 0) is 11.2 Å². The Morgan fingerprint density at radius 2 is 2.17 bits per heavy atom. The lowest BCUT2D eigenvalue weighted by Gasteiger charge is -2.26. The second kappa shape index (κ2) is 4.72. The third-order valence-electron chi connectivity index (χ3n) is 3.53. The maximum absolute atomic E-state index is 12.3. The number of carbonyl (C=O) groups is 1. The number of aromatic amines is 1. The zero-order chi connectivity index (χ0) is 13.4. The predicted octanol–water partition coefficient (Wildman–Crippen LogP) is 1.91. The fourth-order valence-electron chi connectivity index (χ4n) is 2.25. The Bertz CT molecular complexity index is 453. The molecule has 0 aromatic carbocycles. The fraction of sp³-hybridized carbons (Fsp3) is 0.692. The molecule has 0 fully saturated rings. The van der Waals surface area contributed by atoms with Gasteiger partial charge >= 0.3 is 0 Å². The third-order valence-corrected chi connectivity index (χ3v) is 3.53. The number of nitrogens with one attached hydrogen (secondary N) is 1. The van der Waals surface area contributed by atoms with E-state index < -0.39 is 0 Å². The minimum absolute atomic E-state index is 0.0243. The summed E-state index contributed by atoms with van der Waals surface area (Å²) in [4.78, 5) is 14.0. The van der Waals surface area contributed by atoms with E-state index in [2.05, 4.69) is 10.2 Å². The first-order chi connectivity index (χ1) is 8.41. The Balaban J connectivity index is 2.34. The molecule has 0 saturated heterocycles. The summed E-state index contributed by atoms with van der Waals surface area (Å²) >= 11 is 0. The van der Waals surface area contributed by atoms with Crippen LogP contribution in [0.2, 0.25) is 0 Å². The van der Waals surface area contributed by atoms with E-state index in [0.29, 0.717) is 5.69 Å². The summed E-state index contributed by atoms with van der Waals surface area (Å²) in [5.74, 6) is -0.0243. The Morgan fingerprint density at radius 1 is 1.50 bits per heavy atom. The van der Waals surface area contributed by atoms with Crippen molar-refractivity contribution < 1.29 is 9.53 Å². The zero-order valence-electron chi connectivity index (χ0n) is 11.7. The molecule has 1 amide bonds. The van der Waals surface area contributed by atoms with Crippen molar-refractivity contribution in [1.82, 2.24) is 15.1 Å². The molecule has 0 aliphatic carbocycles. The van der Waals surface area contributed by atoms with Crippen LogP contribution in [0.1, 0.15) is 55.5 Å². The molecule has 2 heterocycles. The quantitative estimate of drug-likeness (QED) is 0.873. The smallest absolute Gasteiger partial charge is 0.274 e. The van der Waals surface area contributed by atoms with Crippen LogP contribution in [0, 0.1) is 0 Å². The topological polar surface area (TPSA) is 58.2 Å². The molecular formula is C13H21N3O2. The van der Waals surface area contributed by atoms with Gasteiger partial charge in [0, 0.05) is 25.1 Å². The van der Waals surface area contributed by atoms with Gasteiger partial charge in [-0.2, -0.15) is 5.10 Å². The summed E-state index contributed by atoms with van der Waals surface area (Å²) in [5.41, 5.74) is 2.50. The second-order valence-electron chi connectivity index (χ2n) is 5.27. The maximum atomic E-state index is 12.3. The number of H-pyrrole nitrogens is 1. The third kappa shape index (κ3) is 2.14. The van der Waals surface area contributed by atoms with Gasteiger partial charge in [0.25, 0.3) is 5.91 Å². The zero-order valence-corrected chi connectivity index (χ0v) is 11.7. The van der Waals surface area contributed by atoms with Crippen LogP contribution in [0.25, 0.3) is 0 Å². The second-order valence-corrected chi connectivity index (χ2v) is 5.27. The molecule has 18 heavy (non-hydrogen) atoms. The average molecular weight is 251 g/mol. The molecule has 1 aromatic rings. The predicted molar refractivity (Wildman–Crippen MR) is 68.5 cm³/mol. The van der Waals surface area contributed by atoms with Crippen LogP contribution in [0.15, 0.2) is 0 Å². The lowest BCUT2D eigenvalue weighted by atomic mass is 9.99. The number of aromatic nitrogens is 2. The number of hydrogen-bond acceptors (Lipinski definition) is 3. The van der Waals surface area contributed by atoms with Crippen molar-refractivity contribution in [3.8, 4) is 0 Å². The Labute approximate surface area is 108 Å². The van der Waals surface area contributed by atoms with Crippen LogP contribution >= 0.6 is 0 Å². The first-order valence-corrected chi connectivity index (χ1v) is 6.41. The Morgan fingerprint density at radius 3 is 2.78 bits per heavy atom. The van der Waals surface area contributed by atoms with Crippen molar-refractivity contribution in [1.29, 1.82) is 0 Å². The first kappa shape index (κ1) is 13.1. The average Bonchev–Trinajstić information content (AvgIpc) is 2.70. The Kier molecular flexibility index (Phi) is 3.43. The molecule has 1 aliphatic heterocycles. The SMILES string of the molecule is CC(C)N(C)C(=O)c1n[nH]c2c1C[C@H](C)O[C@@H]2C. The van der Waals surface area contributed by atoms with Crippen LogP contribution in [0.3, 0.4) is 0 Å². The van der Waals surface area contributed by atoms with Gasteiger partial charge in [-0.25, -0.2) is 0 Å². The Hall–Kier alpha value is -1.36. The summed E-state index contributed by atoms with van der Waals surface area (Å²) in [6.07, 6.45) is 0.839. The molecule has 1 aliphatic rings. The van der Waals surface area contributed by atoms with Crippen molar-refractivity contribution in [2.24, 2.45) is 0 Å². The van der Waals surface area contributed by atoms with Crippen molar-refractivity contribution in [3.63, 3.8) is 0 Å². The first-order valence-electron chi connectivity index (χ1n) is 6.41. The van der Waals surface area contributed by atoms with Crippen molar-refractivity contribution in [3.05, 3.63) is 17.0 Å². The van der Waals surface area contributed by atoms with E-state index in [1.54, 1.807) is 11.9 Å². The van der Waals surface area contributed by atoms with Crippen LogP contribution < -0.4 is 0 Å². The van der Waals surface area contributed by atoms with Crippen molar-refractivity contribution in [2.75, 3.05) is 7.05 Å². The number of amides is 1. The number of hydrogen-bond donors (Lipinski definition) is 1. The number of fused-ring (bicyclic) bond motifs is 1. The van der Waals surface area contributed by atoms with Crippen LogP contribution in [0.4, 0.5) is 0 Å². The highest BCUT2D eigenvalue weighted by molar-refractivity contribution is 5.94. The number of rotatable bonds is 2. The number of nitrogens with zero attached hydrogens (tertiary/aromatic N) is 2. The van der Waals surface area contributed by atoms with Gasteiger partial charge in [0.1, 0.15) is 0 Å². The summed E-state index contributed by atoms with van der Waals surface area (Å²) < 4.78 is 5.72. The van der Waals surface area contributed by atoms with E-state index in [9.17, 15) is 4.79 Å². The van der Waals surface area contributed by atoms with Crippen LogP contribution in [-0.4, -0.2) is 40.2 Å². The molecule has 5 nitrogen and oxygen atoms in total. The molecule has 2 rings (SSSR count). The minimum atomic E-state index is -0.0258. The van der Waals surface area contributed by atoms with E-state index in [4.69, 9.17) is 4.74 Å². The molecule has 0 spiro atoms. The van der Waals surface area contributed by atoms with E-state index in [-0.39, 0.29) is 24.2 Å². The largest absolute Gasteiger partial charge is 0.369 e. The molecule has 5 heteroatoms. The van der Waals surface area contributed by atoms with Crippen molar-refractivity contribution in [2.45, 2.75) is 52.4 Å². The highest BCUT2D eigenvalue weighted by Crippen LogP contribution is 2.30. The van der Waals surface area contributed by atoms with Gasteiger partial charge in [-0.15, -0.1) is 0 Å². The van der Waals surface area contributed by atoms with Gasteiger partial charge in [0.15, 0.2) is 5.69 Å². The molecule has 100 valence electrons. The highest BCUT2D eigenvalue weighted by atomic mass is 16.5. The van der Waals surface area contributed by atoms with Gasteiger partial charge in [-0.3, -0.25) is 9.89 Å². The lowest BCUT2D eigenvalue weighted by molar-refractivity contribution is -0.00701. The highest BCUT2D eigenvalue weighted by Gasteiger charge is 2.30. The lowest BCUT2D eigenvalue weighted by Crippen LogP contribution is -2.34. The molecular weight excluding hydrogens is 230 g/mol. The van der Waals surface area contributed by atoms with Gasteiger partial charge in [0.05, 0.1) is 17.9 Å². The molecule has 1 aromatic heterocycles. The van der Waals surface area contributed by atoms with Gasteiger partial charge in [-0.05, 0) is 27.7 Å². The molecule has 2 atom stereocenters. The number of ether oxygens (including phenoxy) is 1. The van der Waals surface area contributed by atoms with E-state index in [1.165, 1.54) is 0 Å². The molecule has 0 unspecified atom stereocenters. The van der Waals surface area contributed by atoms with E-state index in [0.717, 1.165) is 17.7 Å². The van der Waals surface area contributed by atoms with Crippen LogP contribution in [0.5, 0.6) is 0 Å². The van der Waals surface area contributed by atoms with Crippen molar-refractivity contribution >= 4 is 5.91 Å². The van der Waals surface area contributed by atoms with E-state index >= 15 is 0 Å².